The van der Waals surface area contributed by atoms with Gasteiger partial charge in [-0.2, -0.15) is 0 Å². The van der Waals surface area contributed by atoms with Crippen LogP contribution in [0.5, 0.6) is 5.75 Å². The first-order chi connectivity index (χ1) is 12.6. The number of benzene rings is 1. The molecule has 26 heavy (non-hydrogen) atoms. The number of methoxy groups -OCH3 is 1. The van der Waals surface area contributed by atoms with Crippen LogP contribution in [0.1, 0.15) is 32.9 Å². The smallest absolute Gasteiger partial charge is 0.337 e. The van der Waals surface area contributed by atoms with E-state index in [4.69, 9.17) is 4.74 Å². The Morgan fingerprint density at radius 2 is 1.77 bits per heavy atom. The molecule has 0 radical (unpaired) electrons. The van der Waals surface area contributed by atoms with E-state index in [0.29, 0.717) is 37.2 Å². The first kappa shape index (κ1) is 18.1. The number of amides is 1. The monoisotopic (exact) mass is 373 g/mol. The SMILES string of the molecule is COC(=O)c1ccc(OC(=O)C2CCN(C(=O)c3cccs3)CC2)cc1. The van der Waals surface area contributed by atoms with Crippen molar-refractivity contribution in [1.82, 2.24) is 4.90 Å². The number of nitrogens with zero attached hydrogens (tertiary/aromatic N) is 1. The minimum Gasteiger partial charge on any atom is -0.465 e. The van der Waals surface area contributed by atoms with Gasteiger partial charge in [-0.1, -0.05) is 6.07 Å². The van der Waals surface area contributed by atoms with Gasteiger partial charge in [-0.05, 0) is 48.6 Å². The van der Waals surface area contributed by atoms with Crippen molar-refractivity contribution in [3.63, 3.8) is 0 Å². The van der Waals surface area contributed by atoms with E-state index in [2.05, 4.69) is 4.74 Å². The molecule has 0 N–H and O–H groups in total. The van der Waals surface area contributed by atoms with E-state index in [9.17, 15) is 14.4 Å². The third-order valence-electron chi connectivity index (χ3n) is 4.34. The molecular formula is C19H19NO5S. The Morgan fingerprint density at radius 1 is 1.08 bits per heavy atom. The van der Waals surface area contributed by atoms with Crippen LogP contribution in [0, 0.1) is 5.92 Å². The lowest BCUT2D eigenvalue weighted by Crippen LogP contribution is -2.40. The molecule has 1 aromatic heterocycles. The number of likely N-dealkylation sites (tertiary alicyclic amines) is 1. The Bertz CT molecular complexity index is 777. The summed E-state index contributed by atoms with van der Waals surface area (Å²) in [6.07, 6.45) is 1.16. The lowest BCUT2D eigenvalue weighted by molar-refractivity contribution is -0.140. The van der Waals surface area contributed by atoms with Gasteiger partial charge in [0.15, 0.2) is 0 Å². The molecule has 1 amide bonds. The Labute approximate surface area is 155 Å². The molecule has 0 atom stereocenters. The Kier molecular flexibility index (Phi) is 5.68. The highest BCUT2D eigenvalue weighted by atomic mass is 32.1. The molecule has 7 heteroatoms. The van der Waals surface area contributed by atoms with Crippen LogP contribution >= 0.6 is 11.3 Å². The van der Waals surface area contributed by atoms with Gasteiger partial charge in [0.25, 0.3) is 5.91 Å². The van der Waals surface area contributed by atoms with Crippen LogP contribution in [-0.2, 0) is 9.53 Å². The molecule has 2 aromatic rings. The molecule has 1 saturated heterocycles. The van der Waals surface area contributed by atoms with E-state index in [-0.39, 0.29) is 17.8 Å². The van der Waals surface area contributed by atoms with Crippen LogP contribution in [0.25, 0.3) is 0 Å². The number of piperidine rings is 1. The van der Waals surface area contributed by atoms with E-state index >= 15 is 0 Å². The molecule has 6 nitrogen and oxygen atoms in total. The number of rotatable bonds is 4. The second-order valence-electron chi connectivity index (χ2n) is 5.98. The van der Waals surface area contributed by atoms with Gasteiger partial charge in [0.1, 0.15) is 5.75 Å². The number of thiophene rings is 1. The first-order valence-electron chi connectivity index (χ1n) is 8.31. The van der Waals surface area contributed by atoms with Crippen LogP contribution in [0.15, 0.2) is 41.8 Å². The summed E-state index contributed by atoms with van der Waals surface area (Å²) < 4.78 is 10.0. The normalized spacial score (nSPS) is 14.7. The van der Waals surface area contributed by atoms with Gasteiger partial charge in [0.05, 0.1) is 23.5 Å². The third-order valence-corrected chi connectivity index (χ3v) is 5.20. The number of esters is 2. The zero-order valence-corrected chi connectivity index (χ0v) is 15.2. The van der Waals surface area contributed by atoms with Gasteiger partial charge >= 0.3 is 11.9 Å². The van der Waals surface area contributed by atoms with E-state index in [1.807, 2.05) is 17.5 Å². The molecule has 1 aliphatic heterocycles. The van der Waals surface area contributed by atoms with Crippen molar-refractivity contribution >= 4 is 29.2 Å². The van der Waals surface area contributed by atoms with Crippen molar-refractivity contribution < 1.29 is 23.9 Å². The Hall–Kier alpha value is -2.67. The summed E-state index contributed by atoms with van der Waals surface area (Å²) in [5.41, 5.74) is 0.396. The molecular weight excluding hydrogens is 354 g/mol. The molecule has 0 spiro atoms. The molecule has 2 heterocycles. The fraction of sp³-hybridized carbons (Fsp3) is 0.316. The molecule has 0 bridgehead atoms. The number of ether oxygens (including phenoxy) is 2. The van der Waals surface area contributed by atoms with Crippen LogP contribution in [0.3, 0.4) is 0 Å². The Balaban J connectivity index is 1.52. The minimum atomic E-state index is -0.439. The maximum absolute atomic E-state index is 12.3. The average molecular weight is 373 g/mol. The maximum atomic E-state index is 12.3. The molecule has 3 rings (SSSR count). The van der Waals surface area contributed by atoms with Crippen LogP contribution < -0.4 is 4.74 Å². The van der Waals surface area contributed by atoms with Gasteiger partial charge in [-0.25, -0.2) is 4.79 Å². The summed E-state index contributed by atoms with van der Waals surface area (Å²) in [4.78, 5) is 38.6. The highest BCUT2D eigenvalue weighted by molar-refractivity contribution is 7.12. The van der Waals surface area contributed by atoms with Crippen molar-refractivity contribution in [3.05, 3.63) is 52.2 Å². The molecule has 1 aliphatic rings. The van der Waals surface area contributed by atoms with Crippen molar-refractivity contribution in [3.8, 4) is 5.75 Å². The second kappa shape index (κ2) is 8.14. The summed E-state index contributed by atoms with van der Waals surface area (Å²) in [5, 5.41) is 1.88. The minimum absolute atomic E-state index is 0.0187. The zero-order valence-electron chi connectivity index (χ0n) is 14.3. The van der Waals surface area contributed by atoms with Gasteiger partial charge in [-0.15, -0.1) is 11.3 Å². The summed E-state index contributed by atoms with van der Waals surface area (Å²) in [6, 6.07) is 9.91. The fourth-order valence-electron chi connectivity index (χ4n) is 2.85. The van der Waals surface area contributed by atoms with E-state index < -0.39 is 5.97 Å². The standard InChI is InChI=1S/C19H19NO5S/c1-24-18(22)13-4-6-15(7-5-13)25-19(23)14-8-10-20(11-9-14)17(21)16-3-2-12-26-16/h2-7,12,14H,8-11H2,1H3. The van der Waals surface area contributed by atoms with E-state index in [0.717, 1.165) is 4.88 Å². The largest absolute Gasteiger partial charge is 0.465 e. The number of carbonyl (C=O) groups excluding carboxylic acids is 3. The average Bonchev–Trinajstić information content (AvgIpc) is 3.22. The molecule has 1 fully saturated rings. The molecule has 1 aromatic carbocycles. The highest BCUT2D eigenvalue weighted by Crippen LogP contribution is 2.23. The maximum Gasteiger partial charge on any atom is 0.337 e. The van der Waals surface area contributed by atoms with Gasteiger partial charge in [-0.3, -0.25) is 9.59 Å². The number of hydrogen-bond donors (Lipinski definition) is 0. The zero-order chi connectivity index (χ0) is 18.5. The predicted octanol–water partition coefficient (Wildman–Crippen LogP) is 2.99. The van der Waals surface area contributed by atoms with Crippen LogP contribution in [-0.4, -0.2) is 42.9 Å². The Morgan fingerprint density at radius 3 is 2.35 bits per heavy atom. The number of carbonyl (C=O) groups is 3. The van der Waals surface area contributed by atoms with E-state index in [1.165, 1.54) is 18.4 Å². The number of hydrogen-bond acceptors (Lipinski definition) is 6. The summed E-state index contributed by atoms with van der Waals surface area (Å²) in [5.74, 6) is -0.572. The van der Waals surface area contributed by atoms with Crippen LogP contribution in [0.4, 0.5) is 0 Å². The quantitative estimate of drug-likeness (QED) is 0.608. The van der Waals surface area contributed by atoms with Crippen molar-refractivity contribution in [1.29, 1.82) is 0 Å². The molecule has 0 unspecified atom stereocenters. The molecule has 0 aliphatic carbocycles. The third kappa shape index (κ3) is 4.11. The fourth-order valence-corrected chi connectivity index (χ4v) is 3.54. The lowest BCUT2D eigenvalue weighted by atomic mass is 9.97. The summed E-state index contributed by atoms with van der Waals surface area (Å²) in [6.45, 7) is 1.08. The lowest BCUT2D eigenvalue weighted by Gasteiger charge is -2.30. The second-order valence-corrected chi connectivity index (χ2v) is 6.93. The van der Waals surface area contributed by atoms with Crippen LogP contribution in [0.2, 0.25) is 0 Å². The van der Waals surface area contributed by atoms with Crippen molar-refractivity contribution in [2.75, 3.05) is 20.2 Å². The first-order valence-corrected chi connectivity index (χ1v) is 9.19. The van der Waals surface area contributed by atoms with E-state index in [1.54, 1.807) is 29.2 Å². The molecule has 0 saturated carbocycles. The van der Waals surface area contributed by atoms with Gasteiger partial charge < -0.3 is 14.4 Å². The van der Waals surface area contributed by atoms with Crippen molar-refractivity contribution in [2.24, 2.45) is 5.92 Å². The van der Waals surface area contributed by atoms with Gasteiger partial charge in [0.2, 0.25) is 0 Å². The summed E-state index contributed by atoms with van der Waals surface area (Å²) >= 11 is 1.42. The molecule has 136 valence electrons. The predicted molar refractivity (Wildman–Crippen MR) is 96.4 cm³/mol. The topological polar surface area (TPSA) is 72.9 Å². The van der Waals surface area contributed by atoms with Gasteiger partial charge in [0, 0.05) is 13.1 Å². The summed E-state index contributed by atoms with van der Waals surface area (Å²) in [7, 11) is 1.31. The highest BCUT2D eigenvalue weighted by Gasteiger charge is 2.29. The van der Waals surface area contributed by atoms with Crippen molar-refractivity contribution in [2.45, 2.75) is 12.8 Å².